The van der Waals surface area contributed by atoms with Crippen LogP contribution in [0.4, 0.5) is 0 Å². The fourth-order valence-electron chi connectivity index (χ4n) is 3.03. The predicted octanol–water partition coefficient (Wildman–Crippen LogP) is 4.75. The second-order valence-electron chi connectivity index (χ2n) is 6.56. The average Bonchev–Trinajstić information content (AvgIpc) is 3.53. The molecule has 3 heterocycles. The van der Waals surface area contributed by atoms with Crippen molar-refractivity contribution in [2.45, 2.75) is 10.8 Å². The van der Waals surface area contributed by atoms with Crippen LogP contribution in [0.5, 0.6) is 11.5 Å². The van der Waals surface area contributed by atoms with Crippen LogP contribution in [0.15, 0.2) is 69.6 Å². The van der Waals surface area contributed by atoms with Gasteiger partial charge in [0.05, 0.1) is 5.69 Å². The maximum atomic E-state index is 12.2. The number of aromatic nitrogens is 1. The number of sulfonamides is 1. The Morgan fingerprint density at radius 2 is 1.77 bits per heavy atom. The van der Waals surface area contributed by atoms with Gasteiger partial charge in [-0.15, -0.1) is 22.7 Å². The normalized spacial score (nSPS) is 12.9. The summed E-state index contributed by atoms with van der Waals surface area (Å²) in [5.41, 5.74) is 3.71. The summed E-state index contributed by atoms with van der Waals surface area (Å²) in [4.78, 5) is 4.74. The van der Waals surface area contributed by atoms with E-state index in [1.165, 1.54) is 11.3 Å². The summed E-state index contributed by atoms with van der Waals surface area (Å²) in [5.74, 6) is 1.48. The van der Waals surface area contributed by atoms with Gasteiger partial charge < -0.3 is 9.47 Å². The Labute approximate surface area is 181 Å². The van der Waals surface area contributed by atoms with E-state index in [2.05, 4.69) is 4.72 Å². The second-order valence-corrected chi connectivity index (χ2v) is 10.4. The zero-order chi connectivity index (χ0) is 20.6. The first-order valence-electron chi connectivity index (χ1n) is 9.06. The first-order valence-corrected chi connectivity index (χ1v) is 12.3. The number of thiazole rings is 1. The van der Waals surface area contributed by atoms with Gasteiger partial charge in [-0.3, -0.25) is 0 Å². The molecule has 0 radical (unpaired) electrons. The van der Waals surface area contributed by atoms with E-state index in [1.54, 1.807) is 28.8 Å². The summed E-state index contributed by atoms with van der Waals surface area (Å²) in [6, 6.07) is 16.8. The molecule has 9 heteroatoms. The summed E-state index contributed by atoms with van der Waals surface area (Å²) >= 11 is 2.76. The third-order valence-electron chi connectivity index (χ3n) is 4.60. The summed E-state index contributed by atoms with van der Waals surface area (Å²) in [6.45, 7) is 0.484. The SMILES string of the molecule is O=S(=O)(NCc1ccc(-c2nc(-c3ccc4c(c3)OCO4)cs2)cc1)c1cccs1. The van der Waals surface area contributed by atoms with Crippen molar-refractivity contribution in [2.75, 3.05) is 6.79 Å². The van der Waals surface area contributed by atoms with E-state index in [-0.39, 0.29) is 13.3 Å². The molecule has 2 aromatic heterocycles. The zero-order valence-corrected chi connectivity index (χ0v) is 18.0. The van der Waals surface area contributed by atoms with Crippen LogP contribution in [-0.2, 0) is 16.6 Å². The van der Waals surface area contributed by atoms with E-state index in [9.17, 15) is 8.42 Å². The van der Waals surface area contributed by atoms with Gasteiger partial charge in [0, 0.05) is 23.1 Å². The minimum Gasteiger partial charge on any atom is -0.454 e. The highest BCUT2D eigenvalue weighted by molar-refractivity contribution is 7.91. The second kappa shape index (κ2) is 7.84. The van der Waals surface area contributed by atoms with Crippen molar-refractivity contribution < 1.29 is 17.9 Å². The van der Waals surface area contributed by atoms with Crippen LogP contribution in [0.1, 0.15) is 5.56 Å². The third kappa shape index (κ3) is 3.84. The van der Waals surface area contributed by atoms with Crippen molar-refractivity contribution in [3.05, 3.63) is 70.9 Å². The van der Waals surface area contributed by atoms with E-state index in [4.69, 9.17) is 14.5 Å². The van der Waals surface area contributed by atoms with Crippen molar-refractivity contribution in [3.8, 4) is 33.3 Å². The number of fused-ring (bicyclic) bond motifs is 1. The molecule has 0 atom stereocenters. The number of hydrogen-bond acceptors (Lipinski definition) is 7. The number of thiophene rings is 1. The molecule has 1 aliphatic rings. The Morgan fingerprint density at radius 1 is 0.967 bits per heavy atom. The topological polar surface area (TPSA) is 77.5 Å². The molecule has 0 saturated heterocycles. The summed E-state index contributed by atoms with van der Waals surface area (Å²) in [7, 11) is -3.47. The number of rotatable bonds is 6. The van der Waals surface area contributed by atoms with E-state index in [1.807, 2.05) is 47.8 Å². The Hall–Kier alpha value is -2.72. The van der Waals surface area contributed by atoms with Gasteiger partial charge >= 0.3 is 0 Å². The fourth-order valence-corrected chi connectivity index (χ4v) is 5.92. The standard InChI is InChI=1S/C21H16N2O4S3/c24-30(25,20-2-1-9-28-20)22-11-14-3-5-15(6-4-14)21-23-17(12-29-21)16-7-8-18-19(10-16)27-13-26-18/h1-10,12,22H,11,13H2. The number of nitrogens with one attached hydrogen (secondary N) is 1. The Morgan fingerprint density at radius 3 is 2.57 bits per heavy atom. The Kier molecular flexibility index (Phi) is 5.03. The lowest BCUT2D eigenvalue weighted by atomic mass is 10.1. The van der Waals surface area contributed by atoms with Gasteiger partial charge in [0.2, 0.25) is 16.8 Å². The highest BCUT2D eigenvalue weighted by atomic mass is 32.2. The summed E-state index contributed by atoms with van der Waals surface area (Å²) in [5, 5.41) is 4.65. The number of hydrogen-bond donors (Lipinski definition) is 1. The molecule has 152 valence electrons. The number of benzene rings is 2. The molecule has 2 aromatic carbocycles. The van der Waals surface area contributed by atoms with Crippen molar-refractivity contribution in [3.63, 3.8) is 0 Å². The molecule has 0 unspecified atom stereocenters. The van der Waals surface area contributed by atoms with Gasteiger partial charge in [-0.05, 0) is 35.2 Å². The van der Waals surface area contributed by atoms with Crippen LogP contribution in [0, 0.1) is 0 Å². The van der Waals surface area contributed by atoms with Crippen LogP contribution >= 0.6 is 22.7 Å². The van der Waals surface area contributed by atoms with Gasteiger partial charge in [-0.1, -0.05) is 30.3 Å². The molecule has 0 spiro atoms. The predicted molar refractivity (Wildman–Crippen MR) is 117 cm³/mol. The molecular formula is C21H16N2O4S3. The Bertz CT molecular complexity index is 1280. The summed E-state index contributed by atoms with van der Waals surface area (Å²) < 4.78 is 38.2. The van der Waals surface area contributed by atoms with Gasteiger partial charge in [-0.25, -0.2) is 18.1 Å². The first kappa shape index (κ1) is 19.3. The van der Waals surface area contributed by atoms with Gasteiger partial charge in [0.1, 0.15) is 9.22 Å². The number of ether oxygens (including phenoxy) is 2. The lowest BCUT2D eigenvalue weighted by Crippen LogP contribution is -2.22. The Balaban J connectivity index is 1.29. The zero-order valence-electron chi connectivity index (χ0n) is 15.6. The van der Waals surface area contributed by atoms with Crippen LogP contribution in [0.2, 0.25) is 0 Å². The maximum absolute atomic E-state index is 12.2. The lowest BCUT2D eigenvalue weighted by molar-refractivity contribution is 0.174. The van der Waals surface area contributed by atoms with Gasteiger partial charge in [0.15, 0.2) is 11.5 Å². The molecule has 5 rings (SSSR count). The molecule has 4 aromatic rings. The van der Waals surface area contributed by atoms with Crippen LogP contribution in [0.25, 0.3) is 21.8 Å². The van der Waals surface area contributed by atoms with Gasteiger partial charge in [-0.2, -0.15) is 0 Å². The molecule has 0 saturated carbocycles. The number of nitrogens with zero attached hydrogens (tertiary/aromatic N) is 1. The van der Waals surface area contributed by atoms with E-state index in [0.717, 1.165) is 38.9 Å². The highest BCUT2D eigenvalue weighted by Gasteiger charge is 2.16. The van der Waals surface area contributed by atoms with Crippen molar-refractivity contribution in [2.24, 2.45) is 0 Å². The van der Waals surface area contributed by atoms with Crippen molar-refractivity contribution >= 4 is 32.7 Å². The fraction of sp³-hybridized carbons (Fsp3) is 0.0952. The van der Waals surface area contributed by atoms with Crippen molar-refractivity contribution in [1.29, 1.82) is 0 Å². The maximum Gasteiger partial charge on any atom is 0.250 e. The molecule has 1 N–H and O–H groups in total. The average molecular weight is 457 g/mol. The monoisotopic (exact) mass is 456 g/mol. The summed E-state index contributed by atoms with van der Waals surface area (Å²) in [6.07, 6.45) is 0. The largest absolute Gasteiger partial charge is 0.454 e. The van der Waals surface area contributed by atoms with Gasteiger partial charge in [0.25, 0.3) is 0 Å². The lowest BCUT2D eigenvalue weighted by Gasteiger charge is -2.05. The molecule has 0 fully saturated rings. The van der Waals surface area contributed by atoms with Crippen LogP contribution in [-0.4, -0.2) is 20.2 Å². The molecule has 30 heavy (non-hydrogen) atoms. The first-order chi connectivity index (χ1) is 14.6. The molecular weight excluding hydrogens is 440 g/mol. The minimum atomic E-state index is -3.47. The molecule has 0 amide bonds. The van der Waals surface area contributed by atoms with E-state index in [0.29, 0.717) is 4.21 Å². The minimum absolute atomic E-state index is 0.237. The smallest absolute Gasteiger partial charge is 0.250 e. The van der Waals surface area contributed by atoms with Crippen LogP contribution in [0.3, 0.4) is 0 Å². The van der Waals surface area contributed by atoms with Crippen LogP contribution < -0.4 is 14.2 Å². The van der Waals surface area contributed by atoms with E-state index < -0.39 is 10.0 Å². The molecule has 1 aliphatic heterocycles. The van der Waals surface area contributed by atoms with E-state index >= 15 is 0 Å². The quantitative estimate of drug-likeness (QED) is 0.453. The molecule has 0 aliphatic carbocycles. The molecule has 0 bridgehead atoms. The van der Waals surface area contributed by atoms with Crippen molar-refractivity contribution in [1.82, 2.24) is 9.71 Å². The molecule has 6 nitrogen and oxygen atoms in total. The third-order valence-corrected chi connectivity index (χ3v) is 8.29. The highest BCUT2D eigenvalue weighted by Crippen LogP contribution is 2.37.